The van der Waals surface area contributed by atoms with Crippen LogP contribution in [0.1, 0.15) is 60.5 Å². The Morgan fingerprint density at radius 1 is 1.11 bits per heavy atom. The predicted molar refractivity (Wildman–Crippen MR) is 108 cm³/mol. The molecule has 1 aromatic rings. The van der Waals surface area contributed by atoms with Crippen LogP contribution in [0.25, 0.3) is 0 Å². The Morgan fingerprint density at radius 2 is 1.67 bits per heavy atom. The third-order valence-electron chi connectivity index (χ3n) is 4.59. The zero-order valence-electron chi connectivity index (χ0n) is 17.4. The quantitative estimate of drug-likeness (QED) is 0.504. The smallest absolute Gasteiger partial charge is 0.444 e. The van der Waals surface area contributed by atoms with E-state index >= 15 is 0 Å². The monoisotopic (exact) mass is 371 g/mol. The van der Waals surface area contributed by atoms with E-state index in [-0.39, 0.29) is 18.3 Å². The number of benzene rings is 1. The van der Waals surface area contributed by atoms with Crippen LogP contribution in [0.2, 0.25) is 0 Å². The molecule has 1 saturated heterocycles. The van der Waals surface area contributed by atoms with Gasteiger partial charge in [-0.05, 0) is 66.1 Å². The number of alkyl carbamates (subject to hydrolysis) is 1. The molecule has 1 fully saturated rings. The average molecular weight is 371 g/mol. The minimum atomic E-state index is -0.491. The number of carbonyl (C=O) groups excluding carboxylic acids is 1. The van der Waals surface area contributed by atoms with Crippen molar-refractivity contribution in [2.45, 2.75) is 71.7 Å². The molecule has 1 heterocycles. The van der Waals surface area contributed by atoms with Crippen molar-refractivity contribution in [2.24, 2.45) is 0 Å². The molecule has 5 nitrogen and oxygen atoms in total. The zero-order valence-corrected chi connectivity index (χ0v) is 17.4. The molecular formula is C21H30BNO4. The summed E-state index contributed by atoms with van der Waals surface area (Å²) < 4.78 is 17.3. The molecule has 0 atom stereocenters. The molecule has 1 aliphatic heterocycles. The molecule has 6 heteroatoms. The molecule has 2 rings (SSSR count). The van der Waals surface area contributed by atoms with Gasteiger partial charge in [0.2, 0.25) is 0 Å². The van der Waals surface area contributed by atoms with Gasteiger partial charge in [-0.3, -0.25) is 0 Å². The number of ether oxygens (including phenoxy) is 1. The standard InChI is InChI=1S/C21H30BNO4/c1-19(2,3)25-18(24)23-15-9-8-10-16-11-13-17(14-12-16)22-26-20(4,5)21(6,7)27-22/h11-14H,9,15H2,1-7H3,(H,23,24). The second kappa shape index (κ2) is 7.96. The highest BCUT2D eigenvalue weighted by atomic mass is 16.7. The molecule has 146 valence electrons. The van der Waals surface area contributed by atoms with Gasteiger partial charge in [0.15, 0.2) is 0 Å². The second-order valence-corrected chi connectivity index (χ2v) is 8.69. The van der Waals surface area contributed by atoms with E-state index in [0.717, 1.165) is 11.0 Å². The maximum atomic E-state index is 11.5. The van der Waals surface area contributed by atoms with Crippen LogP contribution < -0.4 is 10.8 Å². The third-order valence-corrected chi connectivity index (χ3v) is 4.59. The number of rotatable bonds is 3. The van der Waals surface area contributed by atoms with Crippen LogP contribution in [0.3, 0.4) is 0 Å². The van der Waals surface area contributed by atoms with E-state index in [2.05, 4.69) is 17.2 Å². The summed E-state index contributed by atoms with van der Waals surface area (Å²) in [7, 11) is -0.366. The fourth-order valence-corrected chi connectivity index (χ4v) is 2.41. The Balaban J connectivity index is 1.84. The first-order valence-electron chi connectivity index (χ1n) is 9.31. The molecule has 1 aliphatic rings. The predicted octanol–water partition coefficient (Wildman–Crippen LogP) is 3.25. The number of nitrogens with one attached hydrogen (secondary N) is 1. The lowest BCUT2D eigenvalue weighted by molar-refractivity contribution is 0.00578. The molecule has 0 aliphatic carbocycles. The molecule has 1 N–H and O–H groups in total. The van der Waals surface area contributed by atoms with Crippen molar-refractivity contribution in [1.82, 2.24) is 5.32 Å². The van der Waals surface area contributed by atoms with Crippen molar-refractivity contribution >= 4 is 18.7 Å². The Kier molecular flexibility index (Phi) is 6.29. The zero-order chi connectivity index (χ0) is 20.3. The van der Waals surface area contributed by atoms with E-state index in [4.69, 9.17) is 14.0 Å². The van der Waals surface area contributed by atoms with Gasteiger partial charge in [0.05, 0.1) is 11.2 Å². The number of carbonyl (C=O) groups is 1. The van der Waals surface area contributed by atoms with Crippen LogP contribution in [-0.2, 0) is 14.0 Å². The Bertz CT molecular complexity index is 707. The first-order valence-corrected chi connectivity index (χ1v) is 9.31. The van der Waals surface area contributed by atoms with E-state index in [1.54, 1.807) is 0 Å². The number of hydrogen-bond donors (Lipinski definition) is 1. The largest absolute Gasteiger partial charge is 0.494 e. The molecule has 1 amide bonds. The molecule has 0 saturated carbocycles. The van der Waals surface area contributed by atoms with E-state index < -0.39 is 11.7 Å². The third kappa shape index (κ3) is 6.02. The van der Waals surface area contributed by atoms with Gasteiger partial charge in [-0.25, -0.2) is 4.79 Å². The highest BCUT2D eigenvalue weighted by molar-refractivity contribution is 6.62. The van der Waals surface area contributed by atoms with Crippen LogP contribution in [0, 0.1) is 11.8 Å². The molecule has 1 aromatic carbocycles. The number of hydrogen-bond acceptors (Lipinski definition) is 4. The summed E-state index contributed by atoms with van der Waals surface area (Å²) in [6.07, 6.45) is 0.133. The van der Waals surface area contributed by atoms with Crippen molar-refractivity contribution in [1.29, 1.82) is 0 Å². The van der Waals surface area contributed by atoms with Crippen molar-refractivity contribution in [3.05, 3.63) is 29.8 Å². The van der Waals surface area contributed by atoms with Crippen LogP contribution in [0.5, 0.6) is 0 Å². The first-order chi connectivity index (χ1) is 12.4. The maximum Gasteiger partial charge on any atom is 0.494 e. The highest BCUT2D eigenvalue weighted by Crippen LogP contribution is 2.36. The van der Waals surface area contributed by atoms with Crippen LogP contribution in [0.15, 0.2) is 24.3 Å². The van der Waals surface area contributed by atoms with Gasteiger partial charge in [0.1, 0.15) is 5.60 Å². The summed E-state index contributed by atoms with van der Waals surface area (Å²) in [4.78, 5) is 11.5. The van der Waals surface area contributed by atoms with E-state index in [1.807, 2.05) is 72.7 Å². The SMILES string of the molecule is CC(C)(C)OC(=O)NCCC#Cc1ccc(B2OC(C)(C)C(C)(C)O2)cc1. The van der Waals surface area contributed by atoms with Crippen molar-refractivity contribution in [2.75, 3.05) is 6.54 Å². The minimum Gasteiger partial charge on any atom is -0.444 e. The van der Waals surface area contributed by atoms with Crippen LogP contribution in [0.4, 0.5) is 4.79 Å². The van der Waals surface area contributed by atoms with Gasteiger partial charge in [-0.1, -0.05) is 24.0 Å². The van der Waals surface area contributed by atoms with Crippen LogP contribution >= 0.6 is 0 Å². The molecular weight excluding hydrogens is 341 g/mol. The first kappa shape index (κ1) is 21.3. The molecule has 0 aromatic heterocycles. The fraction of sp³-hybridized carbons (Fsp3) is 0.571. The lowest BCUT2D eigenvalue weighted by atomic mass is 9.79. The Morgan fingerprint density at radius 3 is 2.19 bits per heavy atom. The molecule has 27 heavy (non-hydrogen) atoms. The Hall–Kier alpha value is -1.97. The Labute approximate surface area is 163 Å². The summed E-state index contributed by atoms with van der Waals surface area (Å²) in [6.45, 7) is 14.1. The van der Waals surface area contributed by atoms with Gasteiger partial charge < -0.3 is 19.4 Å². The molecule has 0 unspecified atom stereocenters. The summed E-state index contributed by atoms with van der Waals surface area (Å²) in [5, 5.41) is 2.69. The summed E-state index contributed by atoms with van der Waals surface area (Å²) >= 11 is 0. The normalized spacial score (nSPS) is 17.8. The summed E-state index contributed by atoms with van der Waals surface area (Å²) in [5.74, 6) is 6.15. The number of amides is 1. The van der Waals surface area contributed by atoms with Gasteiger partial charge in [-0.2, -0.15) is 0 Å². The maximum absolute atomic E-state index is 11.5. The second-order valence-electron chi connectivity index (χ2n) is 8.69. The van der Waals surface area contributed by atoms with Crippen molar-refractivity contribution in [3.63, 3.8) is 0 Å². The average Bonchev–Trinajstić information content (AvgIpc) is 2.74. The van der Waals surface area contributed by atoms with Crippen molar-refractivity contribution < 1.29 is 18.8 Å². The topological polar surface area (TPSA) is 56.8 Å². The summed E-state index contributed by atoms with van der Waals surface area (Å²) in [6, 6.07) is 7.86. The van der Waals surface area contributed by atoms with Crippen molar-refractivity contribution in [3.8, 4) is 11.8 Å². The highest BCUT2D eigenvalue weighted by Gasteiger charge is 2.51. The lowest BCUT2D eigenvalue weighted by Crippen LogP contribution is -2.41. The minimum absolute atomic E-state index is 0.350. The molecule has 0 radical (unpaired) electrons. The van der Waals surface area contributed by atoms with Gasteiger partial charge in [0.25, 0.3) is 0 Å². The van der Waals surface area contributed by atoms with Gasteiger partial charge >= 0.3 is 13.2 Å². The lowest BCUT2D eigenvalue weighted by Gasteiger charge is -2.32. The summed E-state index contributed by atoms with van der Waals surface area (Å²) in [5.41, 5.74) is 0.696. The molecule has 0 bridgehead atoms. The van der Waals surface area contributed by atoms with E-state index in [1.165, 1.54) is 0 Å². The van der Waals surface area contributed by atoms with Gasteiger partial charge in [0, 0.05) is 18.5 Å². The van der Waals surface area contributed by atoms with E-state index in [9.17, 15) is 4.79 Å². The van der Waals surface area contributed by atoms with Crippen LogP contribution in [-0.4, -0.2) is 36.6 Å². The fourth-order valence-electron chi connectivity index (χ4n) is 2.41. The van der Waals surface area contributed by atoms with Gasteiger partial charge in [-0.15, -0.1) is 0 Å². The van der Waals surface area contributed by atoms with E-state index in [0.29, 0.717) is 13.0 Å². The molecule has 0 spiro atoms.